The van der Waals surface area contributed by atoms with Crippen LogP contribution >= 0.6 is 0 Å². The van der Waals surface area contributed by atoms with E-state index in [1.807, 2.05) is 24.3 Å². The Balaban J connectivity index is 1.32. The second-order valence-corrected chi connectivity index (χ2v) is 14.0. The van der Waals surface area contributed by atoms with Crippen molar-refractivity contribution in [2.75, 3.05) is 24.7 Å². The molecule has 6 rings (SSSR count). The largest absolute Gasteiger partial charge is 0.492 e. The molecule has 196 valence electrons. The lowest BCUT2D eigenvalue weighted by Crippen LogP contribution is -2.55. The SMILES string of the molecule is O=S(=O)(O)CCOc1ccc(C23CC4CC(C2)CC(c2ccc(OCCS(=O)(=O)O)cc2)(C4)C3)cc1. The standard InChI is InChI=1S/C26H32O8S2/c27-35(28,29)11-9-33-23-5-1-21(2-6-23)25-14-19-13-20(15-25)17-26(16-19,18-25)22-3-7-24(8-4-22)34-10-12-36(30,31)32/h1-8,19-20H,9-18H2,(H,27,28,29)(H,30,31,32). The highest BCUT2D eigenvalue weighted by Gasteiger charge is 2.58. The highest BCUT2D eigenvalue weighted by Crippen LogP contribution is 2.66. The van der Waals surface area contributed by atoms with Crippen LogP contribution in [0.15, 0.2) is 48.5 Å². The smallest absolute Gasteiger partial charge is 0.268 e. The zero-order chi connectivity index (χ0) is 25.6. The molecule has 8 nitrogen and oxygen atoms in total. The van der Waals surface area contributed by atoms with Gasteiger partial charge in [0.1, 0.15) is 36.2 Å². The minimum Gasteiger partial charge on any atom is -0.492 e. The fourth-order valence-electron chi connectivity index (χ4n) is 7.28. The summed E-state index contributed by atoms with van der Waals surface area (Å²) >= 11 is 0. The maximum Gasteiger partial charge on any atom is 0.268 e. The number of rotatable bonds is 10. The molecule has 10 heteroatoms. The number of hydrogen-bond acceptors (Lipinski definition) is 6. The van der Waals surface area contributed by atoms with E-state index in [9.17, 15) is 16.8 Å². The molecule has 4 aliphatic carbocycles. The summed E-state index contributed by atoms with van der Waals surface area (Å²) in [5.41, 5.74) is 2.80. The first-order chi connectivity index (χ1) is 16.9. The molecule has 0 saturated heterocycles. The number of benzene rings is 2. The van der Waals surface area contributed by atoms with E-state index in [0.717, 1.165) is 6.42 Å². The highest BCUT2D eigenvalue weighted by atomic mass is 32.2. The quantitative estimate of drug-likeness (QED) is 0.436. The highest BCUT2D eigenvalue weighted by molar-refractivity contribution is 7.86. The zero-order valence-corrected chi connectivity index (χ0v) is 21.6. The van der Waals surface area contributed by atoms with Crippen molar-refractivity contribution in [3.63, 3.8) is 0 Å². The molecule has 2 aromatic rings. The Bertz CT molecular complexity index is 1190. The van der Waals surface area contributed by atoms with Crippen LogP contribution in [0.5, 0.6) is 11.5 Å². The molecule has 0 amide bonds. The van der Waals surface area contributed by atoms with Gasteiger partial charge in [0.15, 0.2) is 0 Å². The van der Waals surface area contributed by atoms with Crippen molar-refractivity contribution in [2.24, 2.45) is 11.8 Å². The van der Waals surface area contributed by atoms with Gasteiger partial charge in [-0.25, -0.2) is 0 Å². The molecule has 0 radical (unpaired) electrons. The van der Waals surface area contributed by atoms with E-state index in [-0.39, 0.29) is 24.0 Å². The first kappa shape index (κ1) is 25.5. The molecule has 0 aliphatic heterocycles. The van der Waals surface area contributed by atoms with Crippen molar-refractivity contribution >= 4 is 20.2 Å². The van der Waals surface area contributed by atoms with E-state index in [2.05, 4.69) is 24.3 Å². The van der Waals surface area contributed by atoms with E-state index in [1.165, 1.54) is 43.2 Å². The summed E-state index contributed by atoms with van der Waals surface area (Å²) < 4.78 is 72.5. The second-order valence-electron chi connectivity index (χ2n) is 10.8. The van der Waals surface area contributed by atoms with E-state index in [4.69, 9.17) is 18.6 Å². The van der Waals surface area contributed by atoms with Crippen LogP contribution in [-0.4, -0.2) is 50.7 Å². The lowest BCUT2D eigenvalue weighted by atomic mass is 9.42. The zero-order valence-electron chi connectivity index (χ0n) is 20.0. The molecule has 0 spiro atoms. The van der Waals surface area contributed by atoms with Gasteiger partial charge in [-0.3, -0.25) is 9.11 Å². The third kappa shape index (κ3) is 5.56. The van der Waals surface area contributed by atoms with Gasteiger partial charge in [-0.2, -0.15) is 16.8 Å². The van der Waals surface area contributed by atoms with E-state index >= 15 is 0 Å². The van der Waals surface area contributed by atoms with E-state index in [1.54, 1.807) is 0 Å². The van der Waals surface area contributed by atoms with Crippen LogP contribution in [0.2, 0.25) is 0 Å². The molecule has 0 aromatic heterocycles. The summed E-state index contributed by atoms with van der Waals surface area (Å²) in [5.74, 6) is 1.65. The lowest BCUT2D eigenvalue weighted by molar-refractivity contribution is -0.0281. The van der Waals surface area contributed by atoms with Crippen LogP contribution in [0, 0.1) is 11.8 Å². The monoisotopic (exact) mass is 536 g/mol. The Morgan fingerprint density at radius 1 is 0.667 bits per heavy atom. The van der Waals surface area contributed by atoms with Crippen LogP contribution in [0.25, 0.3) is 0 Å². The molecule has 0 atom stereocenters. The molecule has 4 fully saturated rings. The molecular formula is C26H32O8S2. The molecule has 4 aliphatic rings. The van der Waals surface area contributed by atoms with Crippen molar-refractivity contribution in [3.05, 3.63) is 59.7 Å². The van der Waals surface area contributed by atoms with Crippen LogP contribution in [0.3, 0.4) is 0 Å². The Kier molecular flexibility index (Phi) is 6.60. The van der Waals surface area contributed by atoms with Crippen molar-refractivity contribution in [1.29, 1.82) is 0 Å². The summed E-state index contributed by atoms with van der Waals surface area (Å²) in [6.45, 7) is -0.182. The molecule has 0 unspecified atom stereocenters. The summed E-state index contributed by atoms with van der Waals surface area (Å²) in [6.07, 6.45) is 7.03. The second kappa shape index (κ2) is 9.31. The molecule has 4 saturated carbocycles. The van der Waals surface area contributed by atoms with E-state index < -0.39 is 31.7 Å². The molecule has 2 N–H and O–H groups in total. The molecule has 0 heterocycles. The normalized spacial score (nSPS) is 29.3. The van der Waals surface area contributed by atoms with Gasteiger partial charge < -0.3 is 9.47 Å². The summed E-state index contributed by atoms with van der Waals surface area (Å²) in [7, 11) is -8.09. The third-order valence-electron chi connectivity index (χ3n) is 8.21. The fraction of sp³-hybridized carbons (Fsp3) is 0.538. The number of ether oxygens (including phenoxy) is 2. The third-order valence-corrected chi connectivity index (χ3v) is 9.58. The van der Waals surface area contributed by atoms with Gasteiger partial charge in [-0.15, -0.1) is 0 Å². The van der Waals surface area contributed by atoms with Gasteiger partial charge in [-0.1, -0.05) is 24.3 Å². The molecule has 36 heavy (non-hydrogen) atoms. The van der Waals surface area contributed by atoms with Crippen LogP contribution < -0.4 is 9.47 Å². The average Bonchev–Trinajstić information content (AvgIpc) is 2.77. The lowest BCUT2D eigenvalue weighted by Gasteiger charge is -2.62. The van der Waals surface area contributed by atoms with Gasteiger partial charge >= 0.3 is 0 Å². The predicted molar refractivity (Wildman–Crippen MR) is 135 cm³/mol. The first-order valence-corrected chi connectivity index (χ1v) is 15.5. The Labute approximate surface area is 212 Å². The van der Waals surface area contributed by atoms with Gasteiger partial charge in [0.05, 0.1) is 0 Å². The van der Waals surface area contributed by atoms with Crippen LogP contribution in [0.4, 0.5) is 0 Å². The van der Waals surface area contributed by atoms with Crippen molar-refractivity contribution in [3.8, 4) is 11.5 Å². The Morgan fingerprint density at radius 2 is 1.03 bits per heavy atom. The summed E-state index contributed by atoms with van der Waals surface area (Å²) in [6, 6.07) is 16.0. The summed E-state index contributed by atoms with van der Waals surface area (Å²) in [4.78, 5) is 0. The summed E-state index contributed by atoms with van der Waals surface area (Å²) in [5, 5.41) is 0. The van der Waals surface area contributed by atoms with Gasteiger partial charge in [0.25, 0.3) is 20.2 Å². The fourth-order valence-corrected chi connectivity index (χ4v) is 7.87. The maximum atomic E-state index is 10.9. The minimum absolute atomic E-state index is 0.0912. The Hall–Kier alpha value is -2.14. The predicted octanol–water partition coefficient (Wildman–Crippen LogP) is 4.01. The first-order valence-electron chi connectivity index (χ1n) is 12.3. The molecule has 4 bridgehead atoms. The van der Waals surface area contributed by atoms with Crippen molar-refractivity contribution < 1.29 is 35.4 Å². The topological polar surface area (TPSA) is 127 Å². The van der Waals surface area contributed by atoms with E-state index in [0.29, 0.717) is 23.3 Å². The average molecular weight is 537 g/mol. The van der Waals surface area contributed by atoms with Gasteiger partial charge in [-0.05, 0) is 96.6 Å². The van der Waals surface area contributed by atoms with Gasteiger partial charge in [0.2, 0.25) is 0 Å². The van der Waals surface area contributed by atoms with Crippen molar-refractivity contribution in [1.82, 2.24) is 0 Å². The van der Waals surface area contributed by atoms with Crippen LogP contribution in [0.1, 0.15) is 49.7 Å². The van der Waals surface area contributed by atoms with Crippen molar-refractivity contribution in [2.45, 2.75) is 49.4 Å². The van der Waals surface area contributed by atoms with Crippen LogP contribution in [-0.2, 0) is 31.1 Å². The Morgan fingerprint density at radius 3 is 1.36 bits per heavy atom. The maximum absolute atomic E-state index is 10.9. The minimum atomic E-state index is -4.05. The van der Waals surface area contributed by atoms with Gasteiger partial charge in [0, 0.05) is 0 Å². The number of hydrogen-bond donors (Lipinski definition) is 2. The molecular weight excluding hydrogens is 504 g/mol. The molecule has 2 aromatic carbocycles.